The van der Waals surface area contributed by atoms with Crippen LogP contribution in [0.3, 0.4) is 0 Å². The van der Waals surface area contributed by atoms with Crippen molar-refractivity contribution in [3.05, 3.63) is 59.3 Å². The van der Waals surface area contributed by atoms with E-state index in [0.29, 0.717) is 5.70 Å². The van der Waals surface area contributed by atoms with Crippen LogP contribution in [0.15, 0.2) is 48.2 Å². The number of carbonyl (C=O) groups excluding carboxylic acids is 5. The molecule has 2 aromatic carbocycles. The van der Waals surface area contributed by atoms with Gasteiger partial charge in [-0.1, -0.05) is 19.6 Å². The second-order valence-electron chi connectivity index (χ2n) is 11.1. The standard InChI is InChI=1S/C16H23NO3.C11H17NO.C6H6O4.CO2.CH4O.CH4.9K.H/c1-11(10-15(18)19-6)17-13-8-7-9-14(12(13)2)20-16(3,4)5;1-8-9(12)6-5-7-10(8)13-11(2,3)4;1-9-5(7)3-4-6(8)10-2;2-1-3;1-2;;;;;;;;;;;/h7-10,17H,1-6H3;5-7H,12H2,1-4H3;1-2H3;;2H,1H3;1H4;;;;;;;;;;/q;;;;;;;;;;;;;;+1;-1/b11-10+;;;;;;;;;;;;;;;. The summed E-state index contributed by atoms with van der Waals surface area (Å²) in [7, 11) is 4.71. The summed E-state index contributed by atoms with van der Waals surface area (Å²) in [6.45, 7) is 17.9. The Bertz CT molecular complexity index is 1440. The van der Waals surface area contributed by atoms with Gasteiger partial charge in [-0.15, -0.1) is 0 Å². The maximum absolute atomic E-state index is 11.2. The number of aliphatic hydroxyl groups excluding tert-OH is 1. The van der Waals surface area contributed by atoms with Crippen molar-refractivity contribution in [2.24, 2.45) is 0 Å². The minimum absolute atomic E-state index is 0. The van der Waals surface area contributed by atoms with E-state index in [0.717, 1.165) is 41.1 Å². The summed E-state index contributed by atoms with van der Waals surface area (Å²) in [5.74, 6) is 3.59. The van der Waals surface area contributed by atoms with Gasteiger partial charge in [-0.2, -0.15) is 9.59 Å². The molecule has 0 spiro atoms. The van der Waals surface area contributed by atoms with Crippen LogP contribution < -0.4 is 71.9 Å². The van der Waals surface area contributed by atoms with E-state index in [9.17, 15) is 14.4 Å². The molecule has 4 N–H and O–H groups in total. The van der Waals surface area contributed by atoms with Gasteiger partial charge in [-0.25, -0.2) is 14.4 Å². The number of esters is 3. The number of nitrogens with two attached hydrogens (primary N) is 1. The molecule has 0 aliphatic carbocycles. The van der Waals surface area contributed by atoms with Crippen LogP contribution in [0.25, 0.3) is 0 Å². The van der Waals surface area contributed by atoms with Gasteiger partial charge in [0.15, 0.2) is 0 Å². The second kappa shape index (κ2) is 62.5. The van der Waals surface area contributed by atoms with Crippen molar-refractivity contribution < 1.29 is 106 Å². The number of methoxy groups -OCH3 is 3. The van der Waals surface area contributed by atoms with Gasteiger partial charge in [0, 0.05) is 53.2 Å². The van der Waals surface area contributed by atoms with Crippen LogP contribution in [0.2, 0.25) is 0 Å². The molecule has 0 heterocycles. The first-order valence-electron chi connectivity index (χ1n) is 18.2. The second-order valence-corrected chi connectivity index (χ2v) is 11.1. The molecule has 58 heavy (non-hydrogen) atoms. The van der Waals surface area contributed by atoms with Crippen LogP contribution in [0.1, 0.15) is 68.4 Å². The monoisotopic (exact) mass is 1040 g/mol. The number of hydrogen-bond donors (Lipinski definition) is 3. The van der Waals surface area contributed by atoms with Crippen LogP contribution in [0.5, 0.6) is 11.5 Å². The Morgan fingerprint density at radius 2 is 1.03 bits per heavy atom. The first-order valence-corrected chi connectivity index (χ1v) is 82.2. The zero-order valence-electron chi connectivity index (χ0n) is 40.1. The predicted octanol–water partition coefficient (Wildman–Crippen LogP) is -0.517. The Labute approximate surface area is 574 Å². The van der Waals surface area contributed by atoms with Crippen LogP contribution in [-0.4, -0.2) is 321 Å². The van der Waals surface area contributed by atoms with E-state index in [2.05, 4.69) is 19.5 Å². The average Bonchev–Trinajstić information content (AvgIpc) is 3.17. The number of hydrogen-bond acceptors (Lipinski definition) is 13. The molecule has 0 radical (unpaired) electrons. The third kappa shape index (κ3) is 61.5. The topological polar surface area (TPSA) is 190 Å². The van der Waals surface area contributed by atoms with E-state index in [1.165, 1.54) is 280 Å². The third-order valence-electron chi connectivity index (χ3n) is 4.95. The van der Waals surface area contributed by atoms with Crippen molar-refractivity contribution in [3.8, 4) is 23.3 Å². The molecule has 0 saturated heterocycles. The molecular weight excluding hydrogens is 988 g/mol. The molecular formula is C36H55K9N2O11. The van der Waals surface area contributed by atoms with Gasteiger partial charge in [0.1, 0.15) is 22.7 Å². The fourth-order valence-electron chi connectivity index (χ4n) is 2.95. The number of rotatable bonds is 5. The fourth-order valence-corrected chi connectivity index (χ4v) is 2.95. The molecule has 0 unspecified atom stereocenters. The van der Waals surface area contributed by atoms with Crippen LogP contribution in [0, 0.1) is 25.7 Å². The Morgan fingerprint density at radius 1 is 0.707 bits per heavy atom. The van der Waals surface area contributed by atoms with Crippen molar-refractivity contribution in [1.29, 1.82) is 0 Å². The minimum atomic E-state index is -0.759. The molecule has 284 valence electrons. The van der Waals surface area contributed by atoms with E-state index in [1.54, 1.807) is 0 Å². The van der Waals surface area contributed by atoms with Crippen molar-refractivity contribution in [2.45, 2.75) is 80.9 Å². The quantitative estimate of drug-likeness (QED) is 0.0662. The number of nitrogens with one attached hydrogen (secondary N) is 1. The van der Waals surface area contributed by atoms with Gasteiger partial charge in [-0.3, -0.25) is 0 Å². The molecule has 0 saturated carbocycles. The van der Waals surface area contributed by atoms with E-state index in [-0.39, 0.29) is 83.6 Å². The van der Waals surface area contributed by atoms with E-state index >= 15 is 0 Å². The Morgan fingerprint density at radius 3 is 1.34 bits per heavy atom. The first kappa shape index (κ1) is 87.1. The molecule has 0 aliphatic rings. The van der Waals surface area contributed by atoms with Gasteiger partial charge in [0.2, 0.25) is 0 Å². The number of allylic oxidation sites excluding steroid dienone is 1. The number of carbonyl (C=O) groups is 3. The predicted molar refractivity (Wildman–Crippen MR) is 236 cm³/mol. The van der Waals surface area contributed by atoms with Gasteiger partial charge in [-0.05, 0) is 86.6 Å². The number of benzene rings is 2. The Balaban J connectivity index is -0.0000000675. The molecule has 0 fully saturated rings. The number of anilines is 2. The fraction of sp³-hybridized carbons (Fsp3) is 0.444. The zero-order chi connectivity index (χ0) is 46.1. The van der Waals surface area contributed by atoms with Crippen molar-refractivity contribution in [3.63, 3.8) is 0 Å². The van der Waals surface area contributed by atoms with Crippen molar-refractivity contribution in [2.75, 3.05) is 39.5 Å². The molecule has 0 bridgehead atoms. The van der Waals surface area contributed by atoms with Crippen molar-refractivity contribution >= 4 is 288 Å². The molecule has 0 amide bonds. The third-order valence-corrected chi connectivity index (χ3v) is 4.95. The van der Waals surface area contributed by atoms with Gasteiger partial charge < -0.3 is 41.3 Å². The molecule has 0 atom stereocenters. The van der Waals surface area contributed by atoms with Gasteiger partial charge >= 0.3 is 328 Å². The van der Waals surface area contributed by atoms with Crippen molar-refractivity contribution in [1.82, 2.24) is 0 Å². The molecule has 2 aromatic rings. The number of ether oxygens (including phenoxy) is 5. The molecule has 0 aliphatic heterocycles. The molecule has 22 heteroatoms. The summed E-state index contributed by atoms with van der Waals surface area (Å²) in [5, 5.41) is 10.2. The zero-order valence-corrected chi connectivity index (χ0v) is 67.3. The van der Waals surface area contributed by atoms with E-state index in [4.69, 9.17) is 29.9 Å². The van der Waals surface area contributed by atoms with Gasteiger partial charge in [0.25, 0.3) is 0 Å². The normalized spacial score (nSPS) is 8.69. The maximum atomic E-state index is 11.2. The summed E-state index contributed by atoms with van der Waals surface area (Å²) in [6.07, 6.45) is 1.66. The van der Waals surface area contributed by atoms with Crippen LogP contribution in [0.4, 0.5) is 11.4 Å². The number of aliphatic hydroxyl groups is 1. The van der Waals surface area contributed by atoms with Gasteiger partial charge in [0.05, 0.1) is 21.3 Å². The Kier molecular flexibility index (Phi) is 94.0. The molecule has 0 aromatic heterocycles. The van der Waals surface area contributed by atoms with Crippen LogP contribution >= 0.6 is 0 Å². The SMILES string of the molecule is C.CO.COC(=O)/C=C(\C)Nc1cccc(OC(C)(C)C)c1C.COC(=O)C#CC(=O)OC.Cc1c(N)cccc1OC(C)(C)C.O=C=O.[H-].[K+].[K][K].[K][K].[K][K].[K][K]. The summed E-state index contributed by atoms with van der Waals surface area (Å²) >= 11 is 10.0. The summed E-state index contributed by atoms with van der Waals surface area (Å²) in [6, 6.07) is 11.5. The Hall–Kier alpha value is 9.42. The molecule has 13 nitrogen and oxygen atoms in total. The van der Waals surface area contributed by atoms with E-state index < -0.39 is 11.9 Å². The number of nitrogen functional groups attached to an aromatic ring is 1. The molecule has 2 rings (SSSR count). The summed E-state index contributed by atoms with van der Waals surface area (Å²) in [5.41, 5.74) is 9.76. The van der Waals surface area contributed by atoms with Crippen LogP contribution in [-0.2, 0) is 38.2 Å². The first-order chi connectivity index (χ1) is 26.2. The summed E-state index contributed by atoms with van der Waals surface area (Å²) in [4.78, 5) is 47.9. The summed E-state index contributed by atoms with van der Waals surface area (Å²) < 4.78 is 24.5. The van der Waals surface area contributed by atoms with E-state index in [1.807, 2.05) is 111 Å². The average molecular weight is 1040 g/mol.